The van der Waals surface area contributed by atoms with E-state index in [1.165, 1.54) is 0 Å². The number of hydrogen-bond acceptors (Lipinski definition) is 4. The van der Waals surface area contributed by atoms with Gasteiger partial charge in [0.15, 0.2) is 0 Å². The van der Waals surface area contributed by atoms with Crippen molar-refractivity contribution >= 4 is 17.5 Å². The van der Waals surface area contributed by atoms with Crippen molar-refractivity contribution in [2.45, 2.75) is 6.54 Å². The monoisotopic (exact) mass is 309 g/mol. The number of oxazole rings is 1. The molecule has 1 heterocycles. The number of halogens is 1. The van der Waals surface area contributed by atoms with Crippen LogP contribution in [0, 0.1) is 11.3 Å². The van der Waals surface area contributed by atoms with Gasteiger partial charge in [0.1, 0.15) is 6.07 Å². The van der Waals surface area contributed by atoms with Crippen LogP contribution in [0.2, 0.25) is 5.02 Å². The van der Waals surface area contributed by atoms with Gasteiger partial charge in [-0.05, 0) is 29.8 Å². The average molecular weight is 310 g/mol. The van der Waals surface area contributed by atoms with E-state index in [9.17, 15) is 5.26 Å². The normalized spacial score (nSPS) is 10.2. The van der Waals surface area contributed by atoms with Crippen molar-refractivity contribution in [3.63, 3.8) is 0 Å². The van der Waals surface area contributed by atoms with E-state index in [1.54, 1.807) is 0 Å². The van der Waals surface area contributed by atoms with Crippen LogP contribution in [-0.2, 0) is 6.54 Å². The Morgan fingerprint density at radius 1 is 1.09 bits per heavy atom. The smallest absolute Gasteiger partial charge is 0.232 e. The lowest BCUT2D eigenvalue weighted by molar-refractivity contribution is 0.585. The van der Waals surface area contributed by atoms with E-state index < -0.39 is 0 Å². The number of nitriles is 1. The predicted molar refractivity (Wildman–Crippen MR) is 85.4 cm³/mol. The summed E-state index contributed by atoms with van der Waals surface area (Å²) in [5.74, 6) is 0.798. The number of rotatable bonds is 4. The quantitative estimate of drug-likeness (QED) is 0.772. The first kappa shape index (κ1) is 14.2. The lowest BCUT2D eigenvalue weighted by Gasteiger charge is -2.03. The van der Waals surface area contributed by atoms with Crippen molar-refractivity contribution in [3.8, 4) is 17.5 Å². The van der Waals surface area contributed by atoms with E-state index in [2.05, 4.69) is 10.3 Å². The number of nitrogens with zero attached hydrogens (tertiary/aromatic N) is 2. The highest BCUT2D eigenvalue weighted by Crippen LogP contribution is 2.25. The van der Waals surface area contributed by atoms with E-state index in [4.69, 9.17) is 16.0 Å². The van der Waals surface area contributed by atoms with Crippen LogP contribution in [0.1, 0.15) is 11.3 Å². The standard InChI is InChI=1S/C17H12ClN3O/c18-14-8-6-12(7-9-14)11-20-17-15(10-19)21-16(22-17)13-4-2-1-3-5-13/h1-9,20H,11H2. The molecule has 108 valence electrons. The minimum Gasteiger partial charge on any atom is -0.419 e. The second-order valence-electron chi connectivity index (χ2n) is 4.65. The molecule has 0 atom stereocenters. The molecule has 1 N–H and O–H groups in total. The van der Waals surface area contributed by atoms with Crippen LogP contribution < -0.4 is 5.32 Å². The van der Waals surface area contributed by atoms with Gasteiger partial charge in [-0.25, -0.2) is 0 Å². The number of nitrogens with one attached hydrogen (secondary N) is 1. The van der Waals surface area contributed by atoms with Gasteiger partial charge in [0.2, 0.25) is 17.5 Å². The van der Waals surface area contributed by atoms with Crippen molar-refractivity contribution in [1.82, 2.24) is 4.98 Å². The van der Waals surface area contributed by atoms with Crippen molar-refractivity contribution in [1.29, 1.82) is 5.26 Å². The first-order valence-electron chi connectivity index (χ1n) is 6.71. The third kappa shape index (κ3) is 3.11. The van der Waals surface area contributed by atoms with Crippen molar-refractivity contribution < 1.29 is 4.42 Å². The molecule has 0 aliphatic heterocycles. The molecule has 0 bridgehead atoms. The molecule has 0 amide bonds. The van der Waals surface area contributed by atoms with Gasteiger partial charge in [-0.15, -0.1) is 0 Å². The molecule has 5 heteroatoms. The van der Waals surface area contributed by atoms with Gasteiger partial charge in [-0.2, -0.15) is 10.2 Å². The average Bonchev–Trinajstić information content (AvgIpc) is 2.98. The number of anilines is 1. The Hall–Kier alpha value is -2.77. The summed E-state index contributed by atoms with van der Waals surface area (Å²) in [5, 5.41) is 13.0. The lowest BCUT2D eigenvalue weighted by atomic mass is 10.2. The number of aromatic nitrogens is 1. The Labute approximate surface area is 133 Å². The largest absolute Gasteiger partial charge is 0.419 e. The number of benzene rings is 2. The van der Waals surface area contributed by atoms with Crippen LogP contribution in [0.25, 0.3) is 11.5 Å². The first-order chi connectivity index (χ1) is 10.8. The Morgan fingerprint density at radius 3 is 2.50 bits per heavy atom. The van der Waals surface area contributed by atoms with Crippen LogP contribution in [0.3, 0.4) is 0 Å². The lowest BCUT2D eigenvalue weighted by Crippen LogP contribution is -1.99. The summed E-state index contributed by atoms with van der Waals surface area (Å²) >= 11 is 5.86. The molecule has 3 aromatic rings. The van der Waals surface area contributed by atoms with E-state index >= 15 is 0 Å². The van der Waals surface area contributed by atoms with Crippen molar-refractivity contribution in [2.24, 2.45) is 0 Å². The van der Waals surface area contributed by atoms with Crippen LogP contribution >= 0.6 is 11.6 Å². The number of hydrogen-bond donors (Lipinski definition) is 1. The van der Waals surface area contributed by atoms with Crippen molar-refractivity contribution in [3.05, 3.63) is 70.9 Å². The summed E-state index contributed by atoms with van der Waals surface area (Å²) in [6.45, 7) is 0.523. The van der Waals surface area contributed by atoms with E-state index in [0.717, 1.165) is 11.1 Å². The SMILES string of the molecule is N#Cc1nc(-c2ccccc2)oc1NCc1ccc(Cl)cc1. The zero-order valence-electron chi connectivity index (χ0n) is 11.6. The van der Waals surface area contributed by atoms with Crippen LogP contribution in [0.4, 0.5) is 5.88 Å². The molecule has 0 fully saturated rings. The molecule has 0 saturated heterocycles. The second kappa shape index (κ2) is 6.33. The summed E-state index contributed by atoms with van der Waals surface area (Å²) in [6.07, 6.45) is 0. The molecule has 0 radical (unpaired) electrons. The molecule has 22 heavy (non-hydrogen) atoms. The minimum absolute atomic E-state index is 0.243. The molecule has 4 nitrogen and oxygen atoms in total. The fraction of sp³-hybridized carbons (Fsp3) is 0.0588. The Bertz CT molecular complexity index is 804. The summed E-state index contributed by atoms with van der Waals surface area (Å²) < 4.78 is 5.67. The zero-order valence-corrected chi connectivity index (χ0v) is 12.3. The summed E-state index contributed by atoms with van der Waals surface area (Å²) in [5.41, 5.74) is 2.11. The maximum Gasteiger partial charge on any atom is 0.232 e. The van der Waals surface area contributed by atoms with E-state index in [0.29, 0.717) is 23.3 Å². The molecule has 0 aliphatic carbocycles. The van der Waals surface area contributed by atoms with Gasteiger partial charge >= 0.3 is 0 Å². The molecule has 0 unspecified atom stereocenters. The molecule has 0 saturated carbocycles. The third-order valence-corrected chi connectivity index (χ3v) is 3.37. The molecule has 2 aromatic carbocycles. The van der Waals surface area contributed by atoms with Gasteiger partial charge in [0.05, 0.1) is 0 Å². The molecule has 0 spiro atoms. The van der Waals surface area contributed by atoms with Gasteiger partial charge in [-0.3, -0.25) is 0 Å². The summed E-state index contributed by atoms with van der Waals surface area (Å²) in [4.78, 5) is 4.21. The maximum atomic E-state index is 9.18. The minimum atomic E-state index is 0.243. The molecule has 0 aliphatic rings. The van der Waals surface area contributed by atoms with Gasteiger partial charge < -0.3 is 9.73 Å². The molecule has 3 rings (SSSR count). The van der Waals surface area contributed by atoms with E-state index in [1.807, 2.05) is 60.7 Å². The molecular weight excluding hydrogens is 298 g/mol. The highest BCUT2D eigenvalue weighted by atomic mass is 35.5. The van der Waals surface area contributed by atoms with Crippen LogP contribution in [0.15, 0.2) is 59.0 Å². The predicted octanol–water partition coefficient (Wildman–Crippen LogP) is 4.48. The van der Waals surface area contributed by atoms with Crippen LogP contribution in [0.5, 0.6) is 0 Å². The zero-order chi connectivity index (χ0) is 15.4. The van der Waals surface area contributed by atoms with Crippen LogP contribution in [-0.4, -0.2) is 4.98 Å². The van der Waals surface area contributed by atoms with Crippen molar-refractivity contribution in [2.75, 3.05) is 5.32 Å². The summed E-state index contributed by atoms with van der Waals surface area (Å²) in [6, 6.07) is 19.0. The topological polar surface area (TPSA) is 61.9 Å². The van der Waals surface area contributed by atoms with Gasteiger partial charge in [-0.1, -0.05) is 41.9 Å². The maximum absolute atomic E-state index is 9.18. The Morgan fingerprint density at radius 2 is 1.82 bits per heavy atom. The van der Waals surface area contributed by atoms with Gasteiger partial charge in [0.25, 0.3) is 0 Å². The Balaban J connectivity index is 1.80. The third-order valence-electron chi connectivity index (χ3n) is 3.12. The highest BCUT2D eigenvalue weighted by Gasteiger charge is 2.13. The molecular formula is C17H12ClN3O. The second-order valence-corrected chi connectivity index (χ2v) is 5.09. The van der Waals surface area contributed by atoms with E-state index in [-0.39, 0.29) is 5.69 Å². The summed E-state index contributed by atoms with van der Waals surface area (Å²) in [7, 11) is 0. The fourth-order valence-electron chi connectivity index (χ4n) is 2.00. The Kier molecular flexibility index (Phi) is 4.08. The first-order valence-corrected chi connectivity index (χ1v) is 7.09. The fourth-order valence-corrected chi connectivity index (χ4v) is 2.13. The van der Waals surface area contributed by atoms with Gasteiger partial charge in [0, 0.05) is 17.1 Å². The highest BCUT2D eigenvalue weighted by molar-refractivity contribution is 6.30. The molecule has 1 aromatic heterocycles.